The van der Waals surface area contributed by atoms with Gasteiger partial charge >= 0.3 is 0 Å². The zero-order valence-electron chi connectivity index (χ0n) is 13.1. The Kier molecular flexibility index (Phi) is 5.49. The van der Waals surface area contributed by atoms with E-state index in [2.05, 4.69) is 31.2 Å². The lowest BCUT2D eigenvalue weighted by Crippen LogP contribution is -2.18. The van der Waals surface area contributed by atoms with E-state index in [9.17, 15) is 5.11 Å². The van der Waals surface area contributed by atoms with Crippen LogP contribution in [0.3, 0.4) is 0 Å². The number of aromatic hydroxyl groups is 1. The molecule has 0 radical (unpaired) electrons. The number of rotatable bonds is 7. The van der Waals surface area contributed by atoms with Crippen LogP contribution in [0.2, 0.25) is 0 Å². The summed E-state index contributed by atoms with van der Waals surface area (Å²) in [4.78, 5) is 0. The molecule has 0 fully saturated rings. The van der Waals surface area contributed by atoms with Gasteiger partial charge in [0.25, 0.3) is 0 Å². The topological polar surface area (TPSA) is 29.5 Å². The molecule has 0 bridgehead atoms. The Morgan fingerprint density at radius 1 is 1.24 bits per heavy atom. The standard InChI is InChI=1S/C19H26O2/c1-3-11-19(12-5-4-6-13-19)14-7-8-16-9-10-17(21-2)15-18(16)20/h4-6,9-10,12,15,20H,3,7-8,11,13-14H2,1-2H3. The molecular weight excluding hydrogens is 260 g/mol. The molecule has 1 atom stereocenters. The van der Waals surface area contributed by atoms with Gasteiger partial charge in [0.15, 0.2) is 0 Å². The molecule has 114 valence electrons. The fourth-order valence-corrected chi connectivity index (χ4v) is 3.22. The van der Waals surface area contributed by atoms with Crippen molar-refractivity contribution in [1.29, 1.82) is 0 Å². The van der Waals surface area contributed by atoms with Crippen molar-refractivity contribution >= 4 is 0 Å². The molecule has 1 unspecified atom stereocenters. The second-order valence-corrected chi connectivity index (χ2v) is 5.95. The van der Waals surface area contributed by atoms with E-state index in [1.165, 1.54) is 19.3 Å². The van der Waals surface area contributed by atoms with Gasteiger partial charge in [-0.05, 0) is 49.1 Å². The lowest BCUT2D eigenvalue weighted by molar-refractivity contribution is 0.310. The molecule has 0 saturated carbocycles. The Morgan fingerprint density at radius 3 is 2.71 bits per heavy atom. The summed E-state index contributed by atoms with van der Waals surface area (Å²) in [6.45, 7) is 2.25. The minimum absolute atomic E-state index is 0.325. The van der Waals surface area contributed by atoms with Crippen LogP contribution in [-0.2, 0) is 6.42 Å². The number of allylic oxidation sites excluding steroid dienone is 4. The maximum atomic E-state index is 10.0. The third-order valence-corrected chi connectivity index (χ3v) is 4.38. The lowest BCUT2D eigenvalue weighted by atomic mass is 9.74. The molecule has 1 aromatic rings. The number of ether oxygens (including phenoxy) is 1. The molecule has 2 heteroatoms. The summed E-state index contributed by atoms with van der Waals surface area (Å²) in [5, 5.41) is 10.0. The Hall–Kier alpha value is -1.70. The van der Waals surface area contributed by atoms with Gasteiger partial charge in [-0.2, -0.15) is 0 Å². The SMILES string of the molecule is CCCC1(CCCc2ccc(OC)cc2O)C=CC=CC1. The largest absolute Gasteiger partial charge is 0.508 e. The molecule has 1 N–H and O–H groups in total. The average molecular weight is 286 g/mol. The van der Waals surface area contributed by atoms with Crippen molar-refractivity contribution in [3.63, 3.8) is 0 Å². The van der Waals surface area contributed by atoms with Crippen LogP contribution >= 0.6 is 0 Å². The van der Waals surface area contributed by atoms with Gasteiger partial charge in [-0.15, -0.1) is 0 Å². The number of hydrogen-bond acceptors (Lipinski definition) is 2. The highest BCUT2D eigenvalue weighted by atomic mass is 16.5. The first-order chi connectivity index (χ1) is 10.2. The van der Waals surface area contributed by atoms with Gasteiger partial charge in [-0.1, -0.05) is 43.7 Å². The zero-order valence-corrected chi connectivity index (χ0v) is 13.1. The van der Waals surface area contributed by atoms with Gasteiger partial charge in [-0.3, -0.25) is 0 Å². The monoisotopic (exact) mass is 286 g/mol. The van der Waals surface area contributed by atoms with Crippen LogP contribution in [0, 0.1) is 5.41 Å². The Balaban J connectivity index is 1.93. The van der Waals surface area contributed by atoms with Crippen molar-refractivity contribution < 1.29 is 9.84 Å². The van der Waals surface area contributed by atoms with Crippen LogP contribution in [0.25, 0.3) is 0 Å². The predicted molar refractivity (Wildman–Crippen MR) is 87.8 cm³/mol. The summed E-state index contributed by atoms with van der Waals surface area (Å²) in [6.07, 6.45) is 15.8. The predicted octanol–water partition coefficient (Wildman–Crippen LogP) is 5.03. The summed E-state index contributed by atoms with van der Waals surface area (Å²) in [5.74, 6) is 1.05. The Labute approximate surface area is 128 Å². The Bertz CT molecular complexity index is 516. The number of phenols is 1. The second kappa shape index (κ2) is 7.35. The molecule has 0 saturated heterocycles. The third-order valence-electron chi connectivity index (χ3n) is 4.38. The van der Waals surface area contributed by atoms with Crippen LogP contribution < -0.4 is 4.74 Å². The van der Waals surface area contributed by atoms with Crippen molar-refractivity contribution in [2.24, 2.45) is 5.41 Å². The highest BCUT2D eigenvalue weighted by Crippen LogP contribution is 2.38. The first-order valence-corrected chi connectivity index (χ1v) is 7.89. The molecule has 1 aromatic carbocycles. The van der Waals surface area contributed by atoms with Crippen LogP contribution in [0.5, 0.6) is 11.5 Å². The van der Waals surface area contributed by atoms with E-state index >= 15 is 0 Å². The van der Waals surface area contributed by atoms with Gasteiger partial charge in [0.2, 0.25) is 0 Å². The molecule has 1 aliphatic rings. The van der Waals surface area contributed by atoms with Crippen LogP contribution in [0.1, 0.15) is 44.6 Å². The van der Waals surface area contributed by atoms with E-state index in [1.807, 2.05) is 12.1 Å². The van der Waals surface area contributed by atoms with Gasteiger partial charge in [0.05, 0.1) is 7.11 Å². The first-order valence-electron chi connectivity index (χ1n) is 7.89. The molecule has 2 nitrogen and oxygen atoms in total. The minimum atomic E-state index is 0.325. The summed E-state index contributed by atoms with van der Waals surface area (Å²) in [6, 6.07) is 5.58. The number of hydrogen-bond donors (Lipinski definition) is 1. The van der Waals surface area contributed by atoms with Crippen molar-refractivity contribution in [3.05, 3.63) is 48.1 Å². The van der Waals surface area contributed by atoms with E-state index in [0.717, 1.165) is 24.8 Å². The number of methoxy groups -OCH3 is 1. The molecular formula is C19H26O2. The molecule has 2 rings (SSSR count). The molecule has 0 aliphatic heterocycles. The van der Waals surface area contributed by atoms with Gasteiger partial charge in [0.1, 0.15) is 11.5 Å². The Morgan fingerprint density at radius 2 is 2.10 bits per heavy atom. The van der Waals surface area contributed by atoms with E-state index in [-0.39, 0.29) is 0 Å². The molecule has 0 heterocycles. The molecule has 1 aliphatic carbocycles. The highest BCUT2D eigenvalue weighted by molar-refractivity contribution is 5.39. The summed E-state index contributed by atoms with van der Waals surface area (Å²) >= 11 is 0. The minimum Gasteiger partial charge on any atom is -0.508 e. The highest BCUT2D eigenvalue weighted by Gasteiger charge is 2.25. The number of phenolic OH excluding ortho intramolecular Hbond substituents is 1. The summed E-state index contributed by atoms with van der Waals surface area (Å²) in [7, 11) is 1.62. The third kappa shape index (κ3) is 4.13. The van der Waals surface area contributed by atoms with Gasteiger partial charge in [-0.25, -0.2) is 0 Å². The van der Waals surface area contributed by atoms with E-state index in [0.29, 0.717) is 16.9 Å². The maximum absolute atomic E-state index is 10.0. The smallest absolute Gasteiger partial charge is 0.122 e. The fraction of sp³-hybridized carbons (Fsp3) is 0.474. The molecule has 0 aromatic heterocycles. The fourth-order valence-electron chi connectivity index (χ4n) is 3.22. The quantitative estimate of drug-likeness (QED) is 0.762. The van der Waals surface area contributed by atoms with Gasteiger partial charge < -0.3 is 9.84 Å². The van der Waals surface area contributed by atoms with E-state index in [1.54, 1.807) is 13.2 Å². The van der Waals surface area contributed by atoms with Crippen molar-refractivity contribution in [2.75, 3.05) is 7.11 Å². The van der Waals surface area contributed by atoms with Crippen LogP contribution in [0.4, 0.5) is 0 Å². The number of benzene rings is 1. The van der Waals surface area contributed by atoms with E-state index in [4.69, 9.17) is 4.74 Å². The maximum Gasteiger partial charge on any atom is 0.122 e. The van der Waals surface area contributed by atoms with Gasteiger partial charge in [0, 0.05) is 6.07 Å². The zero-order chi connectivity index (χ0) is 15.1. The molecule has 0 amide bonds. The van der Waals surface area contributed by atoms with Crippen LogP contribution in [0.15, 0.2) is 42.5 Å². The average Bonchev–Trinajstić information content (AvgIpc) is 2.50. The van der Waals surface area contributed by atoms with Crippen LogP contribution in [-0.4, -0.2) is 12.2 Å². The van der Waals surface area contributed by atoms with Crippen molar-refractivity contribution in [1.82, 2.24) is 0 Å². The normalized spacial score (nSPS) is 20.7. The summed E-state index contributed by atoms with van der Waals surface area (Å²) in [5.41, 5.74) is 1.34. The second-order valence-electron chi connectivity index (χ2n) is 5.95. The lowest BCUT2D eigenvalue weighted by Gasteiger charge is -2.31. The van der Waals surface area contributed by atoms with E-state index < -0.39 is 0 Å². The molecule has 21 heavy (non-hydrogen) atoms. The summed E-state index contributed by atoms with van der Waals surface area (Å²) < 4.78 is 5.12. The molecule has 0 spiro atoms. The first kappa shape index (κ1) is 15.7. The number of aryl methyl sites for hydroxylation is 1. The van der Waals surface area contributed by atoms with Crippen molar-refractivity contribution in [2.45, 2.75) is 45.4 Å². The van der Waals surface area contributed by atoms with Crippen molar-refractivity contribution in [3.8, 4) is 11.5 Å².